The van der Waals surface area contributed by atoms with Crippen molar-refractivity contribution in [2.24, 2.45) is 21.7 Å². The highest BCUT2D eigenvalue weighted by Gasteiger charge is 2.32. The monoisotopic (exact) mass is 554 g/mol. The van der Waals surface area contributed by atoms with Crippen molar-refractivity contribution in [1.82, 2.24) is 10.6 Å². The number of ketones is 2. The zero-order chi connectivity index (χ0) is 29.7. The van der Waals surface area contributed by atoms with Crippen LogP contribution in [0.15, 0.2) is 70.1 Å². The van der Waals surface area contributed by atoms with Gasteiger partial charge in [0.05, 0.1) is 0 Å². The summed E-state index contributed by atoms with van der Waals surface area (Å²) in [4.78, 5) is 26.3. The standard InChI is InChI=1S/C32H48N2O2.Al.ClH/c1-29(2,3)23-15-21(27(35)25(17-23)31(7,8)9)19-33-13-14-34-20-22-16-24(30(4,5)6)18-26(28(22)36)32(10,11)12;;/h15-20,33-34H,13-14H2,1-12H3;;1H/q;+1;/p-1/b21-19-,22-20-;;. The molecule has 2 radical (unpaired) electrons. The molecule has 0 amide bonds. The molecule has 0 fully saturated rings. The first-order valence-corrected chi connectivity index (χ1v) is 15.0. The van der Waals surface area contributed by atoms with Crippen LogP contribution >= 0.6 is 10.0 Å². The van der Waals surface area contributed by atoms with Gasteiger partial charge in [0, 0.05) is 47.8 Å². The first kappa shape index (κ1) is 34.2. The summed E-state index contributed by atoms with van der Waals surface area (Å²) < 4.78 is 0. The van der Waals surface area contributed by atoms with Gasteiger partial charge in [0.25, 0.3) is 15.4 Å². The Kier molecular flexibility index (Phi) is 11.7. The predicted octanol–water partition coefficient (Wildman–Crippen LogP) is 7.30. The minimum absolute atomic E-state index is 0.0453. The molecule has 0 atom stereocenters. The number of Topliss-reactive ketones (excluding diaryl/α,β-unsaturated/α-hetero) is 2. The molecular formula is C32H48AlClN2O2. The number of carbonyl (C=O) groups is 2. The fourth-order valence-electron chi connectivity index (χ4n) is 4.01. The van der Waals surface area contributed by atoms with E-state index < -0.39 is 0 Å². The number of hydrogen-bond donors (Lipinski definition) is 2. The van der Waals surface area contributed by atoms with Crippen LogP contribution in [0.4, 0.5) is 0 Å². The third-order valence-corrected chi connectivity index (χ3v) is 6.51. The fourth-order valence-corrected chi connectivity index (χ4v) is 4.01. The van der Waals surface area contributed by atoms with Gasteiger partial charge < -0.3 is 10.6 Å². The van der Waals surface area contributed by atoms with Crippen LogP contribution in [0.5, 0.6) is 0 Å². The van der Waals surface area contributed by atoms with E-state index in [1.807, 2.05) is 39.9 Å². The number of carbonyl (C=O) groups excluding carboxylic acids is 2. The van der Waals surface area contributed by atoms with E-state index >= 15 is 0 Å². The summed E-state index contributed by atoms with van der Waals surface area (Å²) in [6.07, 6.45) is 11.8. The Balaban J connectivity index is 0.00000352. The average molecular weight is 555 g/mol. The molecule has 0 aliphatic heterocycles. The zero-order valence-corrected chi connectivity index (χ0v) is 27.6. The molecule has 0 saturated heterocycles. The van der Waals surface area contributed by atoms with Gasteiger partial charge in [-0.15, -0.1) is 0 Å². The summed E-state index contributed by atoms with van der Waals surface area (Å²) >= 11 is 1.89. The molecule has 0 spiro atoms. The molecule has 0 aromatic rings. The summed E-state index contributed by atoms with van der Waals surface area (Å²) in [6.45, 7) is 26.7. The summed E-state index contributed by atoms with van der Waals surface area (Å²) in [5.41, 5.74) is 4.83. The molecule has 2 rings (SSSR count). The van der Waals surface area contributed by atoms with E-state index in [1.165, 1.54) is 0 Å². The van der Waals surface area contributed by atoms with Crippen molar-refractivity contribution in [2.75, 3.05) is 13.1 Å². The number of rotatable bonds is 5. The lowest BCUT2D eigenvalue weighted by molar-refractivity contribution is -0.113. The van der Waals surface area contributed by atoms with Crippen molar-refractivity contribution in [3.05, 3.63) is 70.1 Å². The zero-order valence-electron chi connectivity index (χ0n) is 25.7. The Labute approximate surface area is 244 Å². The van der Waals surface area contributed by atoms with Gasteiger partial charge in [0.15, 0.2) is 11.6 Å². The second-order valence-corrected chi connectivity index (χ2v) is 14.1. The van der Waals surface area contributed by atoms with E-state index in [-0.39, 0.29) is 33.2 Å². The quantitative estimate of drug-likeness (QED) is 0.213. The highest BCUT2D eigenvalue weighted by molar-refractivity contribution is 6.80. The van der Waals surface area contributed by atoms with Crippen LogP contribution in [-0.4, -0.2) is 40.0 Å². The molecule has 0 aromatic heterocycles. The molecule has 0 aromatic carbocycles. The number of halogens is 1. The Hall–Kier alpha value is -1.80. The highest BCUT2D eigenvalue weighted by atomic mass is 35.6. The Morgan fingerprint density at radius 2 is 0.868 bits per heavy atom. The third kappa shape index (κ3) is 9.44. The lowest BCUT2D eigenvalue weighted by Crippen LogP contribution is -2.27. The minimum Gasteiger partial charge on any atom is -0.389 e. The molecule has 0 unspecified atom stereocenters. The maximum Gasteiger partial charge on any atom is 0.293 e. The van der Waals surface area contributed by atoms with E-state index in [1.54, 1.807) is 0 Å². The van der Waals surface area contributed by atoms with Crippen molar-refractivity contribution < 1.29 is 9.59 Å². The van der Waals surface area contributed by atoms with E-state index in [9.17, 15) is 9.59 Å². The van der Waals surface area contributed by atoms with Gasteiger partial charge >= 0.3 is 0 Å². The fraction of sp³-hybridized carbons (Fsp3) is 0.562. The van der Waals surface area contributed by atoms with E-state index in [4.69, 9.17) is 0 Å². The predicted molar refractivity (Wildman–Crippen MR) is 164 cm³/mol. The summed E-state index contributed by atoms with van der Waals surface area (Å²) in [5, 5.41) is 6.57. The smallest absolute Gasteiger partial charge is 0.293 e. The van der Waals surface area contributed by atoms with Gasteiger partial charge in [-0.1, -0.05) is 95.2 Å². The van der Waals surface area contributed by atoms with Crippen molar-refractivity contribution in [1.29, 1.82) is 0 Å². The first-order chi connectivity index (χ1) is 17.2. The van der Waals surface area contributed by atoms with Crippen LogP contribution < -0.4 is 10.6 Å². The number of nitrogens with one attached hydrogen (secondary N) is 2. The molecule has 2 aliphatic carbocycles. The summed E-state index contributed by atoms with van der Waals surface area (Å²) in [5.74, 6) is 0.152. The van der Waals surface area contributed by atoms with Crippen LogP contribution in [0, 0.1) is 21.7 Å². The van der Waals surface area contributed by atoms with Crippen LogP contribution in [0.2, 0.25) is 0 Å². The van der Waals surface area contributed by atoms with Gasteiger partial charge in [0.1, 0.15) is 0 Å². The minimum atomic E-state index is -0.221. The summed E-state index contributed by atoms with van der Waals surface area (Å²) in [6, 6.07) is 0. The Morgan fingerprint density at radius 1 is 0.579 bits per heavy atom. The normalized spacial score (nSPS) is 19.3. The molecule has 0 saturated carbocycles. The van der Waals surface area contributed by atoms with Crippen molar-refractivity contribution >= 4 is 37.0 Å². The highest BCUT2D eigenvalue weighted by Crippen LogP contribution is 2.39. The van der Waals surface area contributed by atoms with Gasteiger partial charge in [-0.2, -0.15) is 0 Å². The molecule has 2 N–H and O–H groups in total. The Morgan fingerprint density at radius 3 is 1.11 bits per heavy atom. The number of allylic oxidation sites excluding steroid dienone is 10. The molecular weight excluding hydrogens is 507 g/mol. The average Bonchev–Trinajstić information content (AvgIpc) is 2.76. The molecule has 6 heteroatoms. The second kappa shape index (κ2) is 13.0. The van der Waals surface area contributed by atoms with Gasteiger partial charge in [-0.05, 0) is 45.0 Å². The van der Waals surface area contributed by atoms with Gasteiger partial charge in [-0.25, -0.2) is 0 Å². The molecule has 38 heavy (non-hydrogen) atoms. The largest absolute Gasteiger partial charge is 0.389 e. The van der Waals surface area contributed by atoms with Crippen LogP contribution in [0.25, 0.3) is 0 Å². The van der Waals surface area contributed by atoms with Crippen LogP contribution in [-0.2, 0) is 9.59 Å². The van der Waals surface area contributed by atoms with E-state index in [0.29, 0.717) is 24.2 Å². The molecule has 0 heterocycles. The van der Waals surface area contributed by atoms with Gasteiger partial charge in [0.2, 0.25) is 0 Å². The van der Waals surface area contributed by atoms with E-state index in [0.717, 1.165) is 22.3 Å². The van der Waals surface area contributed by atoms with Crippen molar-refractivity contribution in [3.8, 4) is 0 Å². The van der Waals surface area contributed by atoms with E-state index in [2.05, 4.69) is 116 Å². The molecule has 4 nitrogen and oxygen atoms in total. The van der Waals surface area contributed by atoms with Crippen molar-refractivity contribution in [3.63, 3.8) is 0 Å². The topological polar surface area (TPSA) is 58.2 Å². The lowest BCUT2D eigenvalue weighted by atomic mass is 9.73. The molecule has 2 aliphatic rings. The van der Waals surface area contributed by atoms with Crippen molar-refractivity contribution in [2.45, 2.75) is 83.1 Å². The maximum atomic E-state index is 13.1. The SMILES string of the molecule is CC(C)(C)C1=C/C(=C/NCCN/C=C2/C=C(C(C)(C)C)C=C(C(C)(C)C)C2=O)C(=O)C(C(C)(C)C)=C1.[Al][Cl]. The first-order valence-electron chi connectivity index (χ1n) is 13.3. The lowest BCUT2D eigenvalue weighted by Gasteiger charge is -2.30. The third-order valence-electron chi connectivity index (χ3n) is 6.51. The summed E-state index contributed by atoms with van der Waals surface area (Å²) in [7, 11) is 4.56. The van der Waals surface area contributed by atoms with Gasteiger partial charge in [-0.3, -0.25) is 19.6 Å². The maximum absolute atomic E-state index is 13.1. The number of hydrogen-bond acceptors (Lipinski definition) is 4. The Bertz CT molecular complexity index is 1000. The second-order valence-electron chi connectivity index (χ2n) is 14.1. The molecule has 0 bridgehead atoms. The molecule has 208 valence electrons. The van der Waals surface area contributed by atoms with Crippen LogP contribution in [0.3, 0.4) is 0 Å². The van der Waals surface area contributed by atoms with Crippen LogP contribution in [0.1, 0.15) is 83.1 Å².